The Hall–Kier alpha value is -4.61. The SMILES string of the molecule is CCC(C)C1NC(=O)C(NC(=O)C2Cc3ccc(cc3)OCCCCC(=O)NC(C(C)C)C(=O)N2)Cc2ccc(cc2)OCCCNC1=O. The maximum absolute atomic E-state index is 14.1. The monoisotopic (exact) mass is 677 g/mol. The van der Waals surface area contributed by atoms with E-state index in [1.807, 2.05) is 76.2 Å². The van der Waals surface area contributed by atoms with Crippen molar-refractivity contribution < 1.29 is 33.4 Å². The molecule has 0 saturated carbocycles. The number of hydrogen-bond donors (Lipinski definition) is 5. The third-order valence-corrected chi connectivity index (χ3v) is 9.01. The first kappa shape index (κ1) is 37.2. The first-order valence-electron chi connectivity index (χ1n) is 17.5. The predicted molar refractivity (Wildman–Crippen MR) is 185 cm³/mol. The Kier molecular flexibility index (Phi) is 13.8. The van der Waals surface area contributed by atoms with Gasteiger partial charge in [-0.25, -0.2) is 0 Å². The summed E-state index contributed by atoms with van der Waals surface area (Å²) in [5.41, 5.74) is 1.54. The molecule has 4 aliphatic heterocycles. The fourth-order valence-electron chi connectivity index (χ4n) is 5.77. The molecule has 5 N–H and O–H groups in total. The molecule has 2 aromatic rings. The van der Waals surface area contributed by atoms with Gasteiger partial charge in [0.2, 0.25) is 29.5 Å². The number of amides is 5. The maximum atomic E-state index is 14.1. The van der Waals surface area contributed by atoms with Crippen LogP contribution in [-0.2, 0) is 36.8 Å². The summed E-state index contributed by atoms with van der Waals surface area (Å²) in [5.74, 6) is -1.25. The van der Waals surface area contributed by atoms with Crippen LogP contribution in [-0.4, -0.2) is 73.5 Å². The number of benzene rings is 2. The molecule has 6 rings (SSSR count). The third kappa shape index (κ3) is 11.2. The molecule has 4 aliphatic rings. The highest BCUT2D eigenvalue weighted by Gasteiger charge is 2.33. The second-order valence-electron chi connectivity index (χ2n) is 13.3. The summed E-state index contributed by atoms with van der Waals surface area (Å²) >= 11 is 0. The summed E-state index contributed by atoms with van der Waals surface area (Å²) in [6.07, 6.45) is 3.01. The molecule has 0 fully saturated rings. The van der Waals surface area contributed by atoms with Crippen LogP contribution in [0.15, 0.2) is 48.5 Å². The number of rotatable bonds is 5. The molecule has 4 bridgehead atoms. The highest BCUT2D eigenvalue weighted by Crippen LogP contribution is 2.18. The number of ether oxygens (including phenoxy) is 2. The topological polar surface area (TPSA) is 164 Å². The number of fused-ring (bicyclic) bond motifs is 25. The number of carbonyl (C=O) groups is 5. The Bertz CT molecular complexity index is 1430. The van der Waals surface area contributed by atoms with Gasteiger partial charge in [0.25, 0.3) is 0 Å². The Morgan fingerprint density at radius 3 is 1.98 bits per heavy atom. The lowest BCUT2D eigenvalue weighted by molar-refractivity contribution is -0.135. The molecule has 0 saturated heterocycles. The zero-order chi connectivity index (χ0) is 35.3. The molecule has 49 heavy (non-hydrogen) atoms. The lowest BCUT2D eigenvalue weighted by Crippen LogP contribution is -2.60. The molecule has 5 amide bonds. The van der Waals surface area contributed by atoms with Gasteiger partial charge in [-0.1, -0.05) is 58.4 Å². The van der Waals surface area contributed by atoms with E-state index < -0.39 is 41.9 Å². The molecule has 0 radical (unpaired) electrons. The zero-order valence-electron chi connectivity index (χ0n) is 29.0. The third-order valence-electron chi connectivity index (χ3n) is 9.01. The highest BCUT2D eigenvalue weighted by molar-refractivity contribution is 5.96. The van der Waals surface area contributed by atoms with E-state index in [1.165, 1.54) is 0 Å². The van der Waals surface area contributed by atoms with Gasteiger partial charge < -0.3 is 36.1 Å². The Morgan fingerprint density at radius 1 is 0.755 bits per heavy atom. The van der Waals surface area contributed by atoms with Gasteiger partial charge in [0.15, 0.2) is 0 Å². The Balaban J connectivity index is 1.64. The minimum atomic E-state index is -1.08. The van der Waals surface area contributed by atoms with E-state index in [1.54, 1.807) is 0 Å². The molecule has 0 aliphatic carbocycles. The van der Waals surface area contributed by atoms with Crippen LogP contribution in [0.1, 0.15) is 70.9 Å². The quantitative estimate of drug-likeness (QED) is 0.325. The van der Waals surface area contributed by atoms with Crippen LogP contribution in [0, 0.1) is 11.8 Å². The summed E-state index contributed by atoms with van der Waals surface area (Å²) < 4.78 is 11.6. The first-order valence-corrected chi connectivity index (χ1v) is 17.5. The summed E-state index contributed by atoms with van der Waals surface area (Å²) in [5, 5.41) is 14.4. The minimum absolute atomic E-state index is 0.120. The summed E-state index contributed by atoms with van der Waals surface area (Å²) in [6, 6.07) is 10.7. The minimum Gasteiger partial charge on any atom is -0.494 e. The summed E-state index contributed by atoms with van der Waals surface area (Å²) in [6.45, 7) is 8.74. The van der Waals surface area contributed by atoms with Crippen LogP contribution in [0.4, 0.5) is 0 Å². The van der Waals surface area contributed by atoms with Crippen LogP contribution >= 0.6 is 0 Å². The second kappa shape index (κ2) is 18.2. The molecule has 0 spiro atoms. The average Bonchev–Trinajstić information content (AvgIpc) is 3.09. The van der Waals surface area contributed by atoms with E-state index in [4.69, 9.17) is 9.47 Å². The van der Waals surface area contributed by atoms with Crippen molar-refractivity contribution in [3.63, 3.8) is 0 Å². The molecule has 12 nitrogen and oxygen atoms in total. The second-order valence-corrected chi connectivity index (χ2v) is 13.3. The molecule has 4 heterocycles. The summed E-state index contributed by atoms with van der Waals surface area (Å²) in [4.78, 5) is 67.7. The van der Waals surface area contributed by atoms with Crippen molar-refractivity contribution >= 4 is 29.5 Å². The molecule has 2 aromatic carbocycles. The van der Waals surface area contributed by atoms with E-state index in [2.05, 4.69) is 26.6 Å². The van der Waals surface area contributed by atoms with Gasteiger partial charge in [0, 0.05) is 25.8 Å². The van der Waals surface area contributed by atoms with Crippen molar-refractivity contribution in [1.82, 2.24) is 26.6 Å². The fraction of sp³-hybridized carbons (Fsp3) is 0.541. The molecule has 5 unspecified atom stereocenters. The predicted octanol–water partition coefficient (Wildman–Crippen LogP) is 2.57. The van der Waals surface area contributed by atoms with Gasteiger partial charge in [-0.3, -0.25) is 24.0 Å². The van der Waals surface area contributed by atoms with Crippen LogP contribution in [0.25, 0.3) is 0 Å². The van der Waals surface area contributed by atoms with Crippen molar-refractivity contribution in [2.24, 2.45) is 11.8 Å². The van der Waals surface area contributed by atoms with E-state index >= 15 is 0 Å². The molecule has 266 valence electrons. The number of carbonyl (C=O) groups excluding carboxylic acids is 5. The van der Waals surface area contributed by atoms with Gasteiger partial charge in [-0.2, -0.15) is 0 Å². The van der Waals surface area contributed by atoms with Crippen LogP contribution in [0.2, 0.25) is 0 Å². The molecule has 5 atom stereocenters. The van der Waals surface area contributed by atoms with Gasteiger partial charge in [-0.15, -0.1) is 0 Å². The van der Waals surface area contributed by atoms with E-state index in [-0.39, 0.29) is 42.9 Å². The van der Waals surface area contributed by atoms with Crippen LogP contribution in [0.5, 0.6) is 11.5 Å². The number of hydrogen-bond acceptors (Lipinski definition) is 7. The van der Waals surface area contributed by atoms with Crippen LogP contribution in [0.3, 0.4) is 0 Å². The van der Waals surface area contributed by atoms with Crippen molar-refractivity contribution in [2.45, 2.75) is 96.8 Å². The van der Waals surface area contributed by atoms with Gasteiger partial charge in [0.1, 0.15) is 35.7 Å². The largest absolute Gasteiger partial charge is 0.494 e. The van der Waals surface area contributed by atoms with Crippen molar-refractivity contribution in [3.8, 4) is 11.5 Å². The Labute approximate surface area is 288 Å². The molecule has 0 aromatic heterocycles. The molecular weight excluding hydrogens is 626 g/mol. The normalized spacial score (nSPS) is 23.8. The van der Waals surface area contributed by atoms with Crippen molar-refractivity contribution in [3.05, 3.63) is 59.7 Å². The number of nitrogens with one attached hydrogen (secondary N) is 5. The lowest BCUT2D eigenvalue weighted by atomic mass is 9.96. The molecule has 12 heteroatoms. The van der Waals surface area contributed by atoms with E-state index in [0.29, 0.717) is 56.9 Å². The first-order chi connectivity index (χ1) is 23.5. The van der Waals surface area contributed by atoms with Crippen molar-refractivity contribution in [1.29, 1.82) is 0 Å². The molecular formula is C37H51N5O7. The standard InChI is InChI=1S/C37H51N5O7/c1-5-24(4)33-36(46)38-18-8-20-49-28-16-12-26(13-17-28)22-30(35(45)42-33)39-34(44)29-21-25-10-14-27(15-11-25)48-19-7-6-9-31(43)41-32(23(2)3)37(47)40-29/h10-17,23-24,29-30,32-33H,5-9,18-22H2,1-4H3,(H,38,46)(H,39,44)(H,40,47)(H,41,43)(H,42,45). The van der Waals surface area contributed by atoms with Gasteiger partial charge >= 0.3 is 0 Å². The van der Waals surface area contributed by atoms with Gasteiger partial charge in [-0.05, 0) is 66.5 Å². The maximum Gasteiger partial charge on any atom is 0.243 e. The lowest BCUT2D eigenvalue weighted by Gasteiger charge is -2.29. The highest BCUT2D eigenvalue weighted by atomic mass is 16.5. The Morgan fingerprint density at radius 2 is 1.37 bits per heavy atom. The smallest absolute Gasteiger partial charge is 0.243 e. The van der Waals surface area contributed by atoms with Crippen LogP contribution < -0.4 is 36.1 Å². The van der Waals surface area contributed by atoms with E-state index in [0.717, 1.165) is 11.1 Å². The summed E-state index contributed by atoms with van der Waals surface area (Å²) in [7, 11) is 0. The average molecular weight is 678 g/mol. The van der Waals surface area contributed by atoms with E-state index in [9.17, 15) is 24.0 Å². The zero-order valence-corrected chi connectivity index (χ0v) is 29.0. The van der Waals surface area contributed by atoms with Gasteiger partial charge in [0.05, 0.1) is 13.2 Å². The fourth-order valence-corrected chi connectivity index (χ4v) is 5.77. The van der Waals surface area contributed by atoms with Crippen molar-refractivity contribution in [2.75, 3.05) is 19.8 Å².